The summed E-state index contributed by atoms with van der Waals surface area (Å²) in [6, 6.07) is 1.81. The molecule has 1 amide bonds. The number of hydrogen-bond acceptors (Lipinski definition) is 3. The van der Waals surface area contributed by atoms with Crippen LogP contribution in [0.5, 0.6) is 0 Å². The molecule has 0 saturated carbocycles. The summed E-state index contributed by atoms with van der Waals surface area (Å²) in [5, 5.41) is 8.71. The number of likely N-dealkylation sites (N-methyl/N-ethyl adjacent to an activating group) is 2. The Bertz CT molecular complexity index is 293. The molecule has 0 radical (unpaired) electrons. The van der Waals surface area contributed by atoms with Crippen LogP contribution in [0.4, 0.5) is 0 Å². The molecule has 0 aromatic heterocycles. The van der Waals surface area contributed by atoms with Gasteiger partial charge in [-0.2, -0.15) is 5.26 Å². The Hall–Kier alpha value is -1.08. The van der Waals surface area contributed by atoms with Crippen LogP contribution in [0.2, 0.25) is 0 Å². The molecule has 1 rings (SSSR count). The molecule has 1 unspecified atom stereocenters. The van der Waals surface area contributed by atoms with E-state index in [1.54, 1.807) is 4.90 Å². The summed E-state index contributed by atoms with van der Waals surface area (Å²) in [4.78, 5) is 15.7. The zero-order valence-corrected chi connectivity index (χ0v) is 9.95. The van der Waals surface area contributed by atoms with Crippen molar-refractivity contribution < 1.29 is 4.79 Å². The van der Waals surface area contributed by atoms with E-state index in [9.17, 15) is 4.79 Å². The molecule has 4 nitrogen and oxygen atoms in total. The largest absolute Gasteiger partial charge is 0.344 e. The number of rotatable bonds is 1. The van der Waals surface area contributed by atoms with Crippen LogP contribution in [-0.2, 0) is 4.79 Å². The molecular weight excluding hydrogens is 190 g/mol. The Balaban J connectivity index is 2.91. The van der Waals surface area contributed by atoms with E-state index in [4.69, 9.17) is 5.26 Å². The third-order valence-electron chi connectivity index (χ3n) is 2.82. The Morgan fingerprint density at radius 3 is 2.60 bits per heavy atom. The maximum atomic E-state index is 12.0. The van der Waals surface area contributed by atoms with Gasteiger partial charge in [0, 0.05) is 20.1 Å². The highest BCUT2D eigenvalue weighted by molar-refractivity contribution is 5.82. The van der Waals surface area contributed by atoms with E-state index < -0.39 is 0 Å². The summed E-state index contributed by atoms with van der Waals surface area (Å²) in [5.41, 5.74) is 0.0867. The van der Waals surface area contributed by atoms with E-state index in [-0.39, 0.29) is 23.8 Å². The molecule has 1 aliphatic rings. The first-order valence-corrected chi connectivity index (χ1v) is 5.19. The van der Waals surface area contributed by atoms with Crippen molar-refractivity contribution in [2.24, 2.45) is 5.41 Å². The SMILES string of the molecule is CN1CC(C)(C)CN(C)C(CC#N)C1=O. The summed E-state index contributed by atoms with van der Waals surface area (Å²) in [7, 11) is 3.73. The van der Waals surface area contributed by atoms with Gasteiger partial charge in [0.25, 0.3) is 0 Å². The number of nitriles is 1. The van der Waals surface area contributed by atoms with Crippen LogP contribution >= 0.6 is 0 Å². The van der Waals surface area contributed by atoms with Gasteiger partial charge in [-0.1, -0.05) is 13.8 Å². The van der Waals surface area contributed by atoms with E-state index in [0.29, 0.717) is 0 Å². The highest BCUT2D eigenvalue weighted by Crippen LogP contribution is 2.24. The monoisotopic (exact) mass is 209 g/mol. The number of carbonyl (C=O) groups excluding carboxylic acids is 1. The Labute approximate surface area is 91.5 Å². The minimum Gasteiger partial charge on any atom is -0.344 e. The first kappa shape index (κ1) is 12.0. The van der Waals surface area contributed by atoms with Gasteiger partial charge < -0.3 is 4.90 Å². The minimum absolute atomic E-state index is 0.0598. The molecule has 0 aromatic carbocycles. The van der Waals surface area contributed by atoms with Gasteiger partial charge >= 0.3 is 0 Å². The summed E-state index contributed by atoms with van der Waals surface area (Å²) >= 11 is 0. The van der Waals surface area contributed by atoms with Crippen molar-refractivity contribution in [2.75, 3.05) is 27.2 Å². The van der Waals surface area contributed by atoms with Gasteiger partial charge in [0.2, 0.25) is 5.91 Å². The lowest BCUT2D eigenvalue weighted by molar-refractivity contribution is -0.133. The second-order valence-electron chi connectivity index (χ2n) is 5.15. The lowest BCUT2D eigenvalue weighted by atomic mass is 9.93. The van der Waals surface area contributed by atoms with Crippen molar-refractivity contribution in [2.45, 2.75) is 26.3 Å². The van der Waals surface area contributed by atoms with Gasteiger partial charge in [-0.05, 0) is 12.5 Å². The zero-order chi connectivity index (χ0) is 11.6. The van der Waals surface area contributed by atoms with Crippen LogP contribution < -0.4 is 0 Å². The predicted molar refractivity (Wildman–Crippen MR) is 58.1 cm³/mol. The maximum absolute atomic E-state index is 12.0. The number of carbonyl (C=O) groups is 1. The molecule has 15 heavy (non-hydrogen) atoms. The molecule has 4 heteroatoms. The second kappa shape index (κ2) is 4.19. The molecule has 0 aromatic rings. The fourth-order valence-electron chi connectivity index (χ4n) is 2.33. The molecule has 1 atom stereocenters. The van der Waals surface area contributed by atoms with Gasteiger partial charge in [-0.15, -0.1) is 0 Å². The van der Waals surface area contributed by atoms with Crippen LogP contribution in [0.15, 0.2) is 0 Å². The Morgan fingerprint density at radius 2 is 2.07 bits per heavy atom. The topological polar surface area (TPSA) is 47.3 Å². The predicted octanol–water partition coefficient (Wildman–Crippen LogP) is 0.699. The summed E-state index contributed by atoms with van der Waals surface area (Å²) in [6.07, 6.45) is 0.274. The first-order chi connectivity index (χ1) is 6.87. The van der Waals surface area contributed by atoms with Crippen molar-refractivity contribution >= 4 is 5.91 Å². The lowest BCUT2D eigenvalue weighted by Crippen LogP contribution is -2.42. The van der Waals surface area contributed by atoms with E-state index in [0.717, 1.165) is 13.1 Å². The van der Waals surface area contributed by atoms with Crippen molar-refractivity contribution in [3.63, 3.8) is 0 Å². The molecular formula is C11H19N3O. The van der Waals surface area contributed by atoms with Crippen LogP contribution in [0.1, 0.15) is 20.3 Å². The number of hydrogen-bond donors (Lipinski definition) is 0. The van der Waals surface area contributed by atoms with Crippen LogP contribution in [0.25, 0.3) is 0 Å². The highest BCUT2D eigenvalue weighted by Gasteiger charge is 2.35. The van der Waals surface area contributed by atoms with Crippen molar-refractivity contribution in [1.29, 1.82) is 5.26 Å². The average Bonchev–Trinajstić information content (AvgIpc) is 2.16. The molecule has 0 spiro atoms. The minimum atomic E-state index is -0.276. The third-order valence-corrected chi connectivity index (χ3v) is 2.82. The first-order valence-electron chi connectivity index (χ1n) is 5.19. The molecule has 0 N–H and O–H groups in total. The Morgan fingerprint density at radius 1 is 1.47 bits per heavy atom. The van der Waals surface area contributed by atoms with Crippen molar-refractivity contribution in [3.8, 4) is 6.07 Å². The van der Waals surface area contributed by atoms with Gasteiger partial charge in [-0.25, -0.2) is 0 Å². The molecule has 0 bridgehead atoms. The van der Waals surface area contributed by atoms with Crippen LogP contribution in [0.3, 0.4) is 0 Å². The molecule has 1 aliphatic heterocycles. The van der Waals surface area contributed by atoms with E-state index in [1.165, 1.54) is 0 Å². The Kier molecular flexibility index (Phi) is 3.35. The van der Waals surface area contributed by atoms with Crippen molar-refractivity contribution in [3.05, 3.63) is 0 Å². The fourth-order valence-corrected chi connectivity index (χ4v) is 2.33. The summed E-state index contributed by atoms with van der Waals surface area (Å²) in [6.45, 7) is 5.87. The summed E-state index contributed by atoms with van der Waals surface area (Å²) < 4.78 is 0. The molecule has 1 heterocycles. The number of amides is 1. The van der Waals surface area contributed by atoms with Crippen LogP contribution in [0, 0.1) is 16.7 Å². The average molecular weight is 209 g/mol. The van der Waals surface area contributed by atoms with Gasteiger partial charge in [0.1, 0.15) is 6.04 Å². The van der Waals surface area contributed by atoms with Gasteiger partial charge in [0.15, 0.2) is 0 Å². The lowest BCUT2D eigenvalue weighted by Gasteiger charge is -2.28. The molecule has 0 aliphatic carbocycles. The molecule has 1 saturated heterocycles. The second-order valence-corrected chi connectivity index (χ2v) is 5.15. The third kappa shape index (κ3) is 2.69. The quantitative estimate of drug-likeness (QED) is 0.638. The zero-order valence-electron chi connectivity index (χ0n) is 9.95. The van der Waals surface area contributed by atoms with E-state index in [1.807, 2.05) is 19.0 Å². The number of nitrogens with zero attached hydrogens (tertiary/aromatic N) is 3. The fraction of sp³-hybridized carbons (Fsp3) is 0.818. The van der Waals surface area contributed by atoms with Crippen LogP contribution in [-0.4, -0.2) is 48.9 Å². The van der Waals surface area contributed by atoms with Gasteiger partial charge in [-0.3, -0.25) is 9.69 Å². The van der Waals surface area contributed by atoms with Crippen molar-refractivity contribution in [1.82, 2.24) is 9.80 Å². The molecule has 84 valence electrons. The van der Waals surface area contributed by atoms with Gasteiger partial charge in [0.05, 0.1) is 12.5 Å². The highest BCUT2D eigenvalue weighted by atomic mass is 16.2. The normalized spacial score (nSPS) is 27.3. The molecule has 1 fully saturated rings. The smallest absolute Gasteiger partial charge is 0.240 e. The van der Waals surface area contributed by atoms with E-state index >= 15 is 0 Å². The summed E-state index contributed by atoms with van der Waals surface area (Å²) in [5.74, 6) is 0.0598. The maximum Gasteiger partial charge on any atom is 0.240 e. The van der Waals surface area contributed by atoms with E-state index in [2.05, 4.69) is 19.9 Å². The standard InChI is InChI=1S/C11H19N3O/c1-11(2)7-13(3)9(5-6-12)10(15)14(4)8-11/h9H,5,7-8H2,1-4H3.